The minimum Gasteiger partial charge on any atom is -0.496 e. The maximum atomic E-state index is 6.13. The van der Waals surface area contributed by atoms with Gasteiger partial charge in [0.2, 0.25) is 0 Å². The minimum absolute atomic E-state index is 0.375. The zero-order valence-electron chi connectivity index (χ0n) is 17.5. The first-order chi connectivity index (χ1) is 11.6. The van der Waals surface area contributed by atoms with Crippen LogP contribution in [0, 0.1) is 0 Å². The molecule has 1 aromatic rings. The molecule has 0 spiro atoms. The zero-order valence-corrected chi connectivity index (χ0v) is 17.5. The Bertz CT molecular complexity index is 532. The fraction of sp³-hybridized carbons (Fsp3) is 0.684. The maximum absolute atomic E-state index is 6.13. The summed E-state index contributed by atoms with van der Waals surface area (Å²) < 4.78 is 23.4. The number of hydrogen-bond acceptors (Lipinski definition) is 5. The van der Waals surface area contributed by atoms with Crippen LogP contribution in [-0.4, -0.2) is 51.5 Å². The molecule has 6 heteroatoms. The van der Waals surface area contributed by atoms with Crippen LogP contribution in [0.2, 0.25) is 0 Å². The second-order valence-corrected chi connectivity index (χ2v) is 7.23. The number of methoxy groups -OCH3 is 2. The van der Waals surface area contributed by atoms with Crippen molar-refractivity contribution < 1.29 is 18.8 Å². The van der Waals surface area contributed by atoms with Gasteiger partial charge in [-0.1, -0.05) is 13.8 Å². The van der Waals surface area contributed by atoms with Crippen molar-refractivity contribution in [3.05, 3.63) is 17.7 Å². The highest BCUT2D eigenvalue weighted by Crippen LogP contribution is 2.37. The second-order valence-electron chi connectivity index (χ2n) is 7.23. The lowest BCUT2D eigenvalue weighted by Gasteiger charge is -2.32. The number of hydrogen-bond donors (Lipinski definition) is 0. The second kappa shape index (κ2) is 8.43. The summed E-state index contributed by atoms with van der Waals surface area (Å²) >= 11 is 0. The molecule has 142 valence electrons. The van der Waals surface area contributed by atoms with Crippen molar-refractivity contribution in [3.63, 3.8) is 0 Å². The topological polar surface area (TPSA) is 40.2 Å². The largest absolute Gasteiger partial charge is 0.496 e. The van der Waals surface area contributed by atoms with E-state index in [-0.39, 0.29) is 11.2 Å². The Kier molecular flexibility index (Phi) is 7.35. The van der Waals surface area contributed by atoms with Gasteiger partial charge in [-0.2, -0.15) is 0 Å². The minimum atomic E-state index is -0.434. The van der Waals surface area contributed by atoms with E-state index in [2.05, 4.69) is 4.90 Å². The van der Waals surface area contributed by atoms with Crippen LogP contribution < -0.4 is 14.9 Å². The molecule has 0 saturated carbocycles. The zero-order chi connectivity index (χ0) is 19.4. The smallest absolute Gasteiger partial charge is 0.495 e. The van der Waals surface area contributed by atoms with E-state index in [1.54, 1.807) is 14.2 Å². The average molecular weight is 351 g/mol. The van der Waals surface area contributed by atoms with Gasteiger partial charge in [0.1, 0.15) is 11.5 Å². The van der Waals surface area contributed by atoms with Crippen LogP contribution in [-0.2, 0) is 15.9 Å². The van der Waals surface area contributed by atoms with E-state index in [1.807, 2.05) is 67.8 Å². The lowest BCUT2D eigenvalue weighted by molar-refractivity contribution is 0.00578. The molecule has 1 fully saturated rings. The predicted molar refractivity (Wildman–Crippen MR) is 104 cm³/mol. The average Bonchev–Trinajstić information content (AvgIpc) is 2.77. The highest BCUT2D eigenvalue weighted by atomic mass is 16.7. The number of benzene rings is 1. The molecule has 1 saturated heterocycles. The van der Waals surface area contributed by atoms with Gasteiger partial charge >= 0.3 is 7.12 Å². The Balaban J connectivity index is 0.00000151. The molecule has 0 aliphatic carbocycles. The summed E-state index contributed by atoms with van der Waals surface area (Å²) in [6.45, 7) is 12.9. The van der Waals surface area contributed by atoms with Crippen LogP contribution in [0.3, 0.4) is 0 Å². The molecule has 0 atom stereocenters. The first kappa shape index (κ1) is 21.8. The molecular formula is C19H34BNO4. The Morgan fingerprint density at radius 1 is 0.920 bits per heavy atom. The van der Waals surface area contributed by atoms with Crippen molar-refractivity contribution in [2.24, 2.45) is 0 Å². The molecule has 1 aliphatic heterocycles. The van der Waals surface area contributed by atoms with Crippen LogP contribution in [0.5, 0.6) is 11.5 Å². The summed E-state index contributed by atoms with van der Waals surface area (Å²) in [4.78, 5) is 2.08. The summed E-state index contributed by atoms with van der Waals surface area (Å²) in [6.07, 6.45) is 0. The van der Waals surface area contributed by atoms with Gasteiger partial charge in [0, 0.05) is 6.54 Å². The molecule has 0 unspecified atom stereocenters. The Morgan fingerprint density at radius 3 is 1.64 bits per heavy atom. The molecule has 5 nitrogen and oxygen atoms in total. The molecule has 0 N–H and O–H groups in total. The normalized spacial score (nSPS) is 18.0. The molecule has 0 aromatic heterocycles. The summed E-state index contributed by atoms with van der Waals surface area (Å²) in [5.41, 5.74) is 1.17. The summed E-state index contributed by atoms with van der Waals surface area (Å²) in [5.74, 6) is 1.56. The molecule has 0 bridgehead atoms. The Labute approximate surface area is 153 Å². The molecule has 1 aromatic carbocycles. The van der Waals surface area contributed by atoms with Gasteiger partial charge in [0.05, 0.1) is 31.0 Å². The highest BCUT2D eigenvalue weighted by molar-refractivity contribution is 6.62. The van der Waals surface area contributed by atoms with Gasteiger partial charge in [-0.15, -0.1) is 0 Å². The van der Waals surface area contributed by atoms with Crippen LogP contribution in [0.15, 0.2) is 12.1 Å². The molecule has 25 heavy (non-hydrogen) atoms. The fourth-order valence-corrected chi connectivity index (χ4v) is 2.59. The number of rotatable bonds is 5. The third-order valence-corrected chi connectivity index (χ3v) is 4.63. The molecule has 0 amide bonds. The van der Waals surface area contributed by atoms with E-state index in [1.165, 1.54) is 0 Å². The lowest BCUT2D eigenvalue weighted by atomic mass is 9.78. The molecule has 1 heterocycles. The maximum Gasteiger partial charge on any atom is 0.495 e. The van der Waals surface area contributed by atoms with Crippen molar-refractivity contribution in [3.8, 4) is 11.5 Å². The SMILES string of the molecule is CC.COc1cc(B2OC(C)(C)C(C)(C)O2)cc(OC)c1CN(C)C. The monoisotopic (exact) mass is 351 g/mol. The van der Waals surface area contributed by atoms with Crippen molar-refractivity contribution in [1.29, 1.82) is 0 Å². The van der Waals surface area contributed by atoms with E-state index < -0.39 is 7.12 Å². The standard InChI is InChI=1S/C17H28BNO4.C2H6/c1-16(2)17(3,4)23-18(22-16)12-9-14(20-7)13(11-19(5)6)15(10-12)21-8;1-2/h9-10H,11H2,1-8H3;1-2H3. The van der Waals surface area contributed by atoms with E-state index in [0.29, 0.717) is 0 Å². The summed E-state index contributed by atoms with van der Waals surface area (Å²) in [7, 11) is 6.93. The summed E-state index contributed by atoms with van der Waals surface area (Å²) in [5, 5.41) is 0. The van der Waals surface area contributed by atoms with E-state index in [0.717, 1.165) is 29.1 Å². The van der Waals surface area contributed by atoms with Gasteiger partial charge in [0.15, 0.2) is 0 Å². The third kappa shape index (κ3) is 4.69. The van der Waals surface area contributed by atoms with Crippen LogP contribution in [0.4, 0.5) is 0 Å². The predicted octanol–water partition coefficient (Wildman–Crippen LogP) is 3.09. The lowest BCUT2D eigenvalue weighted by Crippen LogP contribution is -2.41. The van der Waals surface area contributed by atoms with Crippen LogP contribution >= 0.6 is 0 Å². The van der Waals surface area contributed by atoms with Crippen LogP contribution in [0.1, 0.15) is 47.1 Å². The Hall–Kier alpha value is -1.24. The van der Waals surface area contributed by atoms with Gasteiger partial charge in [-0.3, -0.25) is 0 Å². The number of ether oxygens (including phenoxy) is 2. The first-order valence-corrected chi connectivity index (χ1v) is 8.86. The quantitative estimate of drug-likeness (QED) is 0.763. The summed E-state index contributed by atoms with van der Waals surface area (Å²) in [6, 6.07) is 3.95. The van der Waals surface area contributed by atoms with Crippen molar-refractivity contribution in [1.82, 2.24) is 4.90 Å². The van der Waals surface area contributed by atoms with Crippen LogP contribution in [0.25, 0.3) is 0 Å². The first-order valence-electron chi connectivity index (χ1n) is 8.86. The van der Waals surface area contributed by atoms with Gasteiger partial charge in [-0.05, 0) is 59.4 Å². The highest BCUT2D eigenvalue weighted by Gasteiger charge is 2.52. The molecule has 1 aliphatic rings. The molecule has 2 rings (SSSR count). The van der Waals surface area contributed by atoms with Gasteiger partial charge < -0.3 is 23.7 Å². The van der Waals surface area contributed by atoms with Crippen molar-refractivity contribution >= 4 is 12.6 Å². The van der Waals surface area contributed by atoms with Crippen molar-refractivity contribution in [2.75, 3.05) is 28.3 Å². The molecular weight excluding hydrogens is 317 g/mol. The Morgan fingerprint density at radius 2 is 1.32 bits per heavy atom. The van der Waals surface area contributed by atoms with E-state index >= 15 is 0 Å². The van der Waals surface area contributed by atoms with E-state index in [4.69, 9.17) is 18.8 Å². The van der Waals surface area contributed by atoms with Crippen molar-refractivity contribution in [2.45, 2.75) is 59.3 Å². The number of nitrogens with zero attached hydrogens (tertiary/aromatic N) is 1. The fourth-order valence-electron chi connectivity index (χ4n) is 2.59. The molecule has 0 radical (unpaired) electrons. The van der Waals surface area contributed by atoms with Gasteiger partial charge in [-0.25, -0.2) is 0 Å². The van der Waals surface area contributed by atoms with Gasteiger partial charge in [0.25, 0.3) is 0 Å². The van der Waals surface area contributed by atoms with E-state index in [9.17, 15) is 0 Å². The third-order valence-electron chi connectivity index (χ3n) is 4.63.